The van der Waals surface area contributed by atoms with Gasteiger partial charge in [0.2, 0.25) is 0 Å². The zero-order valence-corrected chi connectivity index (χ0v) is 13.4. The van der Waals surface area contributed by atoms with E-state index >= 15 is 0 Å². The number of nitro groups is 1. The number of hydrogen-bond donors (Lipinski definition) is 1. The van der Waals surface area contributed by atoms with Crippen LogP contribution in [0.15, 0.2) is 56.7 Å². The van der Waals surface area contributed by atoms with E-state index in [4.69, 9.17) is 0 Å². The van der Waals surface area contributed by atoms with Gasteiger partial charge >= 0.3 is 0 Å². The summed E-state index contributed by atoms with van der Waals surface area (Å²) < 4.78 is 0.637. The Morgan fingerprint density at radius 2 is 1.95 bits per heavy atom. The van der Waals surface area contributed by atoms with Crippen LogP contribution >= 0.6 is 27.7 Å². The van der Waals surface area contributed by atoms with Crippen LogP contribution < -0.4 is 5.32 Å². The Balaban J connectivity index is 2.44. The minimum Gasteiger partial charge on any atom is -0.355 e. The van der Waals surface area contributed by atoms with Gasteiger partial charge in [-0.3, -0.25) is 14.9 Å². The molecule has 0 aliphatic heterocycles. The Bertz CT molecular complexity index is 706. The Labute approximate surface area is 134 Å². The molecular weight excluding hydrogens is 356 g/mol. The predicted molar refractivity (Wildman–Crippen MR) is 84.8 cm³/mol. The number of nitrogens with one attached hydrogen (secondary N) is 1. The second kappa shape index (κ2) is 6.73. The van der Waals surface area contributed by atoms with E-state index in [-0.39, 0.29) is 11.6 Å². The molecule has 5 nitrogen and oxygen atoms in total. The summed E-state index contributed by atoms with van der Waals surface area (Å²) in [5, 5.41) is 13.7. The first-order valence-electron chi connectivity index (χ1n) is 5.96. The van der Waals surface area contributed by atoms with Crippen molar-refractivity contribution >= 4 is 39.3 Å². The first kappa shape index (κ1) is 15.5. The van der Waals surface area contributed by atoms with Crippen LogP contribution in [0.1, 0.15) is 10.4 Å². The number of amides is 1. The van der Waals surface area contributed by atoms with Crippen LogP contribution in [0.5, 0.6) is 0 Å². The molecule has 0 aliphatic carbocycles. The highest BCUT2D eigenvalue weighted by Crippen LogP contribution is 2.37. The summed E-state index contributed by atoms with van der Waals surface area (Å²) in [6.45, 7) is 0. The smallest absolute Gasteiger partial charge is 0.284 e. The van der Waals surface area contributed by atoms with E-state index in [1.807, 2.05) is 0 Å². The molecule has 0 fully saturated rings. The molecule has 21 heavy (non-hydrogen) atoms. The van der Waals surface area contributed by atoms with Crippen molar-refractivity contribution in [3.05, 3.63) is 62.6 Å². The molecule has 0 bridgehead atoms. The molecule has 0 spiro atoms. The summed E-state index contributed by atoms with van der Waals surface area (Å²) in [7, 11) is 1.55. The lowest BCUT2D eigenvalue weighted by Crippen LogP contribution is -2.18. The topological polar surface area (TPSA) is 72.2 Å². The Morgan fingerprint density at radius 1 is 1.24 bits per heavy atom. The summed E-state index contributed by atoms with van der Waals surface area (Å²) in [6, 6.07) is 11.8. The minimum atomic E-state index is -0.435. The van der Waals surface area contributed by atoms with Crippen LogP contribution in [-0.2, 0) is 0 Å². The molecule has 0 aromatic heterocycles. The van der Waals surface area contributed by atoms with Crippen molar-refractivity contribution in [2.45, 2.75) is 9.79 Å². The fourth-order valence-electron chi connectivity index (χ4n) is 1.72. The number of nitro benzene ring substituents is 1. The second-order valence-electron chi connectivity index (χ2n) is 4.05. The fourth-order valence-corrected chi connectivity index (χ4v) is 3.09. The number of carbonyl (C=O) groups excluding carboxylic acids is 1. The molecule has 0 atom stereocenters. The van der Waals surface area contributed by atoms with Crippen molar-refractivity contribution < 1.29 is 9.72 Å². The third-order valence-electron chi connectivity index (χ3n) is 2.70. The molecule has 0 aliphatic rings. The van der Waals surface area contributed by atoms with Crippen LogP contribution in [0.2, 0.25) is 0 Å². The van der Waals surface area contributed by atoms with Gasteiger partial charge in [0, 0.05) is 22.5 Å². The minimum absolute atomic E-state index is 0.00100. The maximum atomic E-state index is 11.8. The zero-order chi connectivity index (χ0) is 15.4. The summed E-state index contributed by atoms with van der Waals surface area (Å²) >= 11 is 4.42. The lowest BCUT2D eigenvalue weighted by atomic mass is 10.2. The Kier molecular flexibility index (Phi) is 4.98. The Hall–Kier alpha value is -1.86. The van der Waals surface area contributed by atoms with Gasteiger partial charge in [-0.15, -0.1) is 0 Å². The molecular formula is C14H11BrN2O3S. The first-order chi connectivity index (χ1) is 10.0. The van der Waals surface area contributed by atoms with Crippen molar-refractivity contribution in [1.29, 1.82) is 0 Å². The van der Waals surface area contributed by atoms with Crippen LogP contribution in [0, 0.1) is 10.1 Å². The average Bonchev–Trinajstić information content (AvgIpc) is 2.48. The first-order valence-corrected chi connectivity index (χ1v) is 7.56. The van der Waals surface area contributed by atoms with Crippen LogP contribution in [0.3, 0.4) is 0 Å². The van der Waals surface area contributed by atoms with Gasteiger partial charge in [-0.05, 0) is 24.3 Å². The average molecular weight is 367 g/mol. The van der Waals surface area contributed by atoms with Crippen molar-refractivity contribution in [2.24, 2.45) is 0 Å². The summed E-state index contributed by atoms with van der Waals surface area (Å²) in [4.78, 5) is 23.7. The molecule has 2 aromatic carbocycles. The lowest BCUT2D eigenvalue weighted by Gasteiger charge is -2.08. The lowest BCUT2D eigenvalue weighted by molar-refractivity contribution is -0.387. The number of nitrogens with zero attached hydrogens (tertiary/aromatic N) is 1. The predicted octanol–water partition coefficient (Wildman–Crippen LogP) is 3.87. The van der Waals surface area contributed by atoms with Gasteiger partial charge in [0.1, 0.15) is 0 Å². The van der Waals surface area contributed by atoms with Crippen molar-refractivity contribution in [1.82, 2.24) is 5.32 Å². The number of rotatable bonds is 4. The summed E-state index contributed by atoms with van der Waals surface area (Å²) in [5.41, 5.74) is 0.489. The van der Waals surface area contributed by atoms with Gasteiger partial charge in [0.15, 0.2) is 0 Å². The van der Waals surface area contributed by atoms with Crippen molar-refractivity contribution in [2.75, 3.05) is 7.05 Å². The van der Waals surface area contributed by atoms with Gasteiger partial charge in [0.25, 0.3) is 11.6 Å². The molecule has 0 heterocycles. The van der Waals surface area contributed by atoms with Gasteiger partial charge < -0.3 is 5.32 Å². The number of halogens is 1. The largest absolute Gasteiger partial charge is 0.355 e. The SMILES string of the molecule is CNC(=O)c1ccccc1Sc1ccc(Br)cc1[N+](=O)[O-]. The van der Waals surface area contributed by atoms with Gasteiger partial charge in [0.05, 0.1) is 15.4 Å². The number of benzene rings is 2. The zero-order valence-electron chi connectivity index (χ0n) is 11.0. The molecule has 1 amide bonds. The molecule has 0 saturated carbocycles. The molecule has 0 radical (unpaired) electrons. The van der Waals surface area contributed by atoms with Crippen LogP contribution in [-0.4, -0.2) is 17.9 Å². The highest BCUT2D eigenvalue weighted by Gasteiger charge is 2.18. The Morgan fingerprint density at radius 3 is 2.62 bits per heavy atom. The normalized spacial score (nSPS) is 10.2. The maximum Gasteiger partial charge on any atom is 0.284 e. The molecule has 0 saturated heterocycles. The molecule has 2 rings (SSSR count). The van der Waals surface area contributed by atoms with E-state index in [0.29, 0.717) is 19.8 Å². The van der Waals surface area contributed by atoms with Crippen LogP contribution in [0.25, 0.3) is 0 Å². The van der Waals surface area contributed by atoms with E-state index in [9.17, 15) is 14.9 Å². The third-order valence-corrected chi connectivity index (χ3v) is 4.33. The monoisotopic (exact) mass is 366 g/mol. The quantitative estimate of drug-likeness (QED) is 0.658. The molecule has 108 valence electrons. The van der Waals surface area contributed by atoms with Crippen LogP contribution in [0.4, 0.5) is 5.69 Å². The van der Waals surface area contributed by atoms with E-state index in [0.717, 1.165) is 0 Å². The molecule has 1 N–H and O–H groups in total. The van der Waals surface area contributed by atoms with E-state index in [2.05, 4.69) is 21.2 Å². The van der Waals surface area contributed by atoms with Gasteiger partial charge in [-0.25, -0.2) is 0 Å². The van der Waals surface area contributed by atoms with Crippen molar-refractivity contribution in [3.63, 3.8) is 0 Å². The van der Waals surface area contributed by atoms with E-state index < -0.39 is 4.92 Å². The number of carbonyl (C=O) groups is 1. The number of hydrogen-bond acceptors (Lipinski definition) is 4. The second-order valence-corrected chi connectivity index (χ2v) is 6.05. The molecule has 2 aromatic rings. The summed E-state index contributed by atoms with van der Waals surface area (Å²) in [6.07, 6.45) is 0. The maximum absolute atomic E-state index is 11.8. The highest BCUT2D eigenvalue weighted by atomic mass is 79.9. The van der Waals surface area contributed by atoms with Crippen molar-refractivity contribution in [3.8, 4) is 0 Å². The van der Waals surface area contributed by atoms with E-state index in [1.165, 1.54) is 17.8 Å². The third kappa shape index (κ3) is 3.62. The van der Waals surface area contributed by atoms with Gasteiger partial charge in [-0.2, -0.15) is 0 Å². The molecule has 0 unspecified atom stereocenters. The van der Waals surface area contributed by atoms with E-state index in [1.54, 1.807) is 43.4 Å². The highest BCUT2D eigenvalue weighted by molar-refractivity contribution is 9.10. The standard InChI is InChI=1S/C14H11BrN2O3S/c1-16-14(18)10-4-2-3-5-12(10)21-13-7-6-9(15)8-11(13)17(19)20/h2-8H,1H3,(H,16,18). The van der Waals surface area contributed by atoms with Gasteiger partial charge in [-0.1, -0.05) is 39.8 Å². The summed E-state index contributed by atoms with van der Waals surface area (Å²) in [5.74, 6) is -0.224. The fraction of sp³-hybridized carbons (Fsp3) is 0.0714. The molecule has 7 heteroatoms.